The number of hydrogen-bond donors (Lipinski definition) is 0. The summed E-state index contributed by atoms with van der Waals surface area (Å²) in [6, 6.07) is 3.73. The average molecular weight is 309 g/mol. The molecule has 1 aromatic carbocycles. The first-order valence-corrected chi connectivity index (χ1v) is 7.68. The fraction of sp³-hybridized carbons (Fsp3) is 0.500. The van der Waals surface area contributed by atoms with Crippen molar-refractivity contribution in [3.63, 3.8) is 0 Å². The van der Waals surface area contributed by atoms with Gasteiger partial charge in [-0.2, -0.15) is 0 Å². The van der Waals surface area contributed by atoms with Crippen molar-refractivity contribution in [2.45, 2.75) is 34.1 Å². The van der Waals surface area contributed by atoms with Crippen molar-refractivity contribution in [2.24, 2.45) is 5.92 Å². The van der Waals surface area contributed by atoms with Crippen LogP contribution in [-0.2, 0) is 6.42 Å². The third kappa shape index (κ3) is 3.76. The first-order valence-electron chi connectivity index (χ1n) is 7.30. The number of hydrogen-bond acceptors (Lipinski definition) is 4. The van der Waals surface area contributed by atoms with Gasteiger partial charge in [0.1, 0.15) is 11.0 Å². The summed E-state index contributed by atoms with van der Waals surface area (Å²) in [5, 5.41) is 1.25. The topological polar surface area (TPSA) is 44.2 Å². The van der Waals surface area contributed by atoms with Crippen molar-refractivity contribution in [3.05, 3.63) is 23.1 Å². The summed E-state index contributed by atoms with van der Waals surface area (Å²) in [4.78, 5) is 8.97. The second kappa shape index (κ2) is 6.94. The molecule has 0 aliphatic heterocycles. The molecule has 2 rings (SSSR count). The fourth-order valence-corrected chi connectivity index (χ4v) is 2.39. The molecule has 5 heteroatoms. The molecule has 4 nitrogen and oxygen atoms in total. The van der Waals surface area contributed by atoms with Crippen LogP contribution in [0.2, 0.25) is 5.15 Å². The first-order chi connectivity index (χ1) is 10.0. The molecule has 1 heterocycles. The molecule has 0 N–H and O–H groups in total. The van der Waals surface area contributed by atoms with E-state index in [1.54, 1.807) is 0 Å². The van der Waals surface area contributed by atoms with E-state index in [2.05, 4.69) is 23.8 Å². The number of rotatable bonds is 6. The highest BCUT2D eigenvalue weighted by Gasteiger charge is 2.13. The van der Waals surface area contributed by atoms with E-state index in [-0.39, 0.29) is 0 Å². The quantitative estimate of drug-likeness (QED) is 0.747. The summed E-state index contributed by atoms with van der Waals surface area (Å²) in [5.74, 6) is 2.60. The van der Waals surface area contributed by atoms with Crippen LogP contribution in [0.1, 0.15) is 33.5 Å². The molecule has 0 bridgehead atoms. The van der Waals surface area contributed by atoms with Gasteiger partial charge in [0.05, 0.1) is 18.7 Å². The Morgan fingerprint density at radius 1 is 1.05 bits per heavy atom. The van der Waals surface area contributed by atoms with Crippen molar-refractivity contribution in [3.8, 4) is 11.5 Å². The summed E-state index contributed by atoms with van der Waals surface area (Å²) >= 11 is 6.30. The monoisotopic (exact) mass is 308 g/mol. The molecule has 1 aromatic heterocycles. The molecule has 0 atom stereocenters. The SMILES string of the molecule is CCOc1cc2nc(CC(C)C)nc(Cl)c2cc1OCC. The van der Waals surface area contributed by atoms with E-state index >= 15 is 0 Å². The normalized spacial score (nSPS) is 11.1. The lowest BCUT2D eigenvalue weighted by Crippen LogP contribution is -2.03. The number of benzene rings is 1. The minimum atomic E-state index is 0.458. The average Bonchev–Trinajstić information content (AvgIpc) is 2.40. The molecule has 0 saturated heterocycles. The van der Waals surface area contributed by atoms with Gasteiger partial charge < -0.3 is 9.47 Å². The summed E-state index contributed by atoms with van der Waals surface area (Å²) in [7, 11) is 0. The zero-order chi connectivity index (χ0) is 15.4. The van der Waals surface area contributed by atoms with Gasteiger partial charge in [-0.25, -0.2) is 9.97 Å². The highest BCUT2D eigenvalue weighted by molar-refractivity contribution is 6.34. The maximum absolute atomic E-state index is 6.30. The molecule has 0 radical (unpaired) electrons. The Morgan fingerprint density at radius 3 is 2.24 bits per heavy atom. The van der Waals surface area contributed by atoms with Crippen molar-refractivity contribution >= 4 is 22.5 Å². The van der Waals surface area contributed by atoms with Gasteiger partial charge in [0.2, 0.25) is 0 Å². The van der Waals surface area contributed by atoms with Crippen LogP contribution in [0.15, 0.2) is 12.1 Å². The van der Waals surface area contributed by atoms with Crippen LogP contribution in [0.4, 0.5) is 0 Å². The number of fused-ring (bicyclic) bond motifs is 1. The minimum absolute atomic E-state index is 0.458. The molecule has 2 aromatic rings. The minimum Gasteiger partial charge on any atom is -0.490 e. The van der Waals surface area contributed by atoms with Crippen LogP contribution in [0, 0.1) is 5.92 Å². The van der Waals surface area contributed by atoms with Gasteiger partial charge in [-0.05, 0) is 25.8 Å². The summed E-state index contributed by atoms with van der Waals surface area (Å²) in [5.41, 5.74) is 0.789. The second-order valence-electron chi connectivity index (χ2n) is 5.21. The maximum atomic E-state index is 6.30. The molecule has 0 amide bonds. The van der Waals surface area contributed by atoms with Crippen LogP contribution >= 0.6 is 11.6 Å². The third-order valence-corrected chi connectivity index (χ3v) is 3.24. The molecule has 21 heavy (non-hydrogen) atoms. The maximum Gasteiger partial charge on any atom is 0.163 e. The first kappa shape index (κ1) is 15.8. The Hall–Kier alpha value is -1.55. The predicted molar refractivity (Wildman–Crippen MR) is 85.4 cm³/mol. The molecule has 114 valence electrons. The summed E-state index contributed by atoms with van der Waals surface area (Å²) in [6.45, 7) is 9.27. The molecule has 0 fully saturated rings. The summed E-state index contributed by atoms with van der Waals surface area (Å²) in [6.07, 6.45) is 0.798. The zero-order valence-corrected chi connectivity index (χ0v) is 13.7. The van der Waals surface area contributed by atoms with E-state index in [0.717, 1.165) is 23.1 Å². The van der Waals surface area contributed by atoms with Crippen LogP contribution < -0.4 is 9.47 Å². The van der Waals surface area contributed by atoms with Gasteiger partial charge in [0.25, 0.3) is 0 Å². The molecular formula is C16H21ClN2O2. The van der Waals surface area contributed by atoms with E-state index in [0.29, 0.717) is 35.8 Å². The predicted octanol–water partition coefficient (Wildman–Crippen LogP) is 4.28. The van der Waals surface area contributed by atoms with Crippen molar-refractivity contribution in [1.82, 2.24) is 9.97 Å². The van der Waals surface area contributed by atoms with E-state index < -0.39 is 0 Å². The van der Waals surface area contributed by atoms with Crippen molar-refractivity contribution in [2.75, 3.05) is 13.2 Å². The largest absolute Gasteiger partial charge is 0.490 e. The molecule has 0 unspecified atom stereocenters. The van der Waals surface area contributed by atoms with E-state index in [9.17, 15) is 0 Å². The second-order valence-corrected chi connectivity index (χ2v) is 5.57. The van der Waals surface area contributed by atoms with Crippen LogP contribution in [0.5, 0.6) is 11.5 Å². The lowest BCUT2D eigenvalue weighted by molar-refractivity contribution is 0.288. The third-order valence-electron chi connectivity index (χ3n) is 2.95. The summed E-state index contributed by atoms with van der Waals surface area (Å²) < 4.78 is 11.2. The van der Waals surface area contributed by atoms with Gasteiger partial charge in [-0.15, -0.1) is 0 Å². The lowest BCUT2D eigenvalue weighted by atomic mass is 10.1. The van der Waals surface area contributed by atoms with E-state index in [1.165, 1.54) is 0 Å². The van der Waals surface area contributed by atoms with E-state index in [1.807, 2.05) is 26.0 Å². The molecule has 0 spiro atoms. The van der Waals surface area contributed by atoms with Gasteiger partial charge in [-0.3, -0.25) is 0 Å². The molecular weight excluding hydrogens is 288 g/mol. The lowest BCUT2D eigenvalue weighted by Gasteiger charge is -2.13. The number of aromatic nitrogens is 2. The molecule has 0 aliphatic carbocycles. The Kier molecular flexibility index (Phi) is 5.23. The van der Waals surface area contributed by atoms with E-state index in [4.69, 9.17) is 21.1 Å². The Balaban J connectivity index is 2.54. The van der Waals surface area contributed by atoms with Crippen molar-refractivity contribution in [1.29, 1.82) is 0 Å². The Bertz CT molecular complexity index is 629. The van der Waals surface area contributed by atoms with Crippen LogP contribution in [0.25, 0.3) is 10.9 Å². The van der Waals surface area contributed by atoms with Gasteiger partial charge >= 0.3 is 0 Å². The molecule has 0 aliphatic rings. The Labute approximate surface area is 130 Å². The number of ether oxygens (including phenoxy) is 2. The molecule has 0 saturated carbocycles. The van der Waals surface area contributed by atoms with Gasteiger partial charge in [-0.1, -0.05) is 25.4 Å². The van der Waals surface area contributed by atoms with Crippen molar-refractivity contribution < 1.29 is 9.47 Å². The highest BCUT2D eigenvalue weighted by Crippen LogP contribution is 2.34. The standard InChI is InChI=1S/C16H21ClN2O2/c1-5-20-13-8-11-12(9-14(13)21-6-2)18-15(7-10(3)4)19-16(11)17/h8-10H,5-7H2,1-4H3. The Morgan fingerprint density at radius 2 is 1.67 bits per heavy atom. The number of nitrogens with zero attached hydrogens (tertiary/aromatic N) is 2. The highest BCUT2D eigenvalue weighted by atomic mass is 35.5. The van der Waals surface area contributed by atoms with Crippen LogP contribution in [-0.4, -0.2) is 23.2 Å². The van der Waals surface area contributed by atoms with Gasteiger partial charge in [0, 0.05) is 17.9 Å². The zero-order valence-electron chi connectivity index (χ0n) is 12.9. The fourth-order valence-electron chi connectivity index (χ4n) is 2.14. The number of halogens is 1. The van der Waals surface area contributed by atoms with Crippen LogP contribution in [0.3, 0.4) is 0 Å². The van der Waals surface area contributed by atoms with Gasteiger partial charge in [0.15, 0.2) is 11.5 Å². The smallest absolute Gasteiger partial charge is 0.163 e.